The minimum atomic E-state index is -3.53. The van der Waals surface area contributed by atoms with Crippen molar-refractivity contribution in [1.29, 1.82) is 0 Å². The second kappa shape index (κ2) is 7.35. The normalized spacial score (nSPS) is 12.4. The smallest absolute Gasteiger partial charge is 0.244 e. The number of nitrogens with zero attached hydrogens (tertiary/aromatic N) is 1. The largest absolute Gasteiger partial charge is 0.377 e. The van der Waals surface area contributed by atoms with Gasteiger partial charge in [-0.3, -0.25) is 0 Å². The Labute approximate surface area is 137 Å². The molecule has 114 valence electrons. The van der Waals surface area contributed by atoms with Crippen LogP contribution in [0.1, 0.15) is 19.4 Å². The number of likely N-dealkylation sites (N-methyl/N-ethyl adjacent to an activating group) is 1. The van der Waals surface area contributed by atoms with Gasteiger partial charge in [-0.15, -0.1) is 0 Å². The fourth-order valence-corrected chi connectivity index (χ4v) is 4.32. The number of halogens is 2. The number of benzene rings is 1. The first-order chi connectivity index (χ1) is 9.16. The topological polar surface area (TPSA) is 46.6 Å². The maximum Gasteiger partial charge on any atom is 0.244 e. The van der Waals surface area contributed by atoms with Crippen molar-refractivity contribution >= 4 is 41.9 Å². The van der Waals surface area contributed by atoms with Gasteiger partial charge in [0.15, 0.2) is 0 Å². The molecule has 4 nitrogen and oxygen atoms in total. The lowest BCUT2D eigenvalue weighted by Crippen LogP contribution is -2.31. The molecule has 0 saturated carbocycles. The van der Waals surface area contributed by atoms with Crippen molar-refractivity contribution in [3.8, 4) is 0 Å². The second-order valence-corrected chi connectivity index (χ2v) is 8.50. The van der Waals surface area contributed by atoms with Crippen molar-refractivity contribution in [2.24, 2.45) is 0 Å². The number of rotatable bonds is 6. The zero-order valence-corrected chi connectivity index (χ0v) is 16.0. The molecule has 0 atom stereocenters. The Morgan fingerprint density at radius 1 is 1.25 bits per heavy atom. The third-order valence-corrected chi connectivity index (χ3v) is 6.43. The first-order valence-electron chi connectivity index (χ1n) is 6.20. The highest BCUT2D eigenvalue weighted by Gasteiger charge is 2.24. The van der Waals surface area contributed by atoms with Crippen LogP contribution in [-0.4, -0.2) is 39.0 Å². The third kappa shape index (κ3) is 4.53. The molecule has 0 saturated heterocycles. The number of hydrogen-bond donors (Lipinski definition) is 0. The van der Waals surface area contributed by atoms with Crippen LogP contribution in [-0.2, 0) is 14.8 Å². The number of hydrogen-bond acceptors (Lipinski definition) is 3. The summed E-state index contributed by atoms with van der Waals surface area (Å²) in [5, 5.41) is 0. The van der Waals surface area contributed by atoms with E-state index in [1.807, 2.05) is 20.8 Å². The molecular formula is C13H19Br2NO3S. The summed E-state index contributed by atoms with van der Waals surface area (Å²) in [5.41, 5.74) is 0.974. The van der Waals surface area contributed by atoms with Gasteiger partial charge in [0.1, 0.15) is 0 Å². The summed E-state index contributed by atoms with van der Waals surface area (Å²) in [6.07, 6.45) is 0.0892. The van der Waals surface area contributed by atoms with Gasteiger partial charge >= 0.3 is 0 Å². The quantitative estimate of drug-likeness (QED) is 0.695. The van der Waals surface area contributed by atoms with Crippen LogP contribution in [0.3, 0.4) is 0 Å². The predicted octanol–water partition coefficient (Wildman–Crippen LogP) is 3.57. The van der Waals surface area contributed by atoms with E-state index in [2.05, 4.69) is 31.9 Å². The molecule has 0 spiro atoms. The molecule has 0 heterocycles. The van der Waals surface area contributed by atoms with Crippen molar-refractivity contribution < 1.29 is 13.2 Å². The molecule has 0 radical (unpaired) electrons. The standard InChI is InChI=1S/C13H19Br2NO3S/c1-9(2)19-6-5-16(4)20(17,18)13-8-11(14)10(3)7-12(13)15/h7-9H,5-6H2,1-4H3. The van der Waals surface area contributed by atoms with Gasteiger partial charge in [-0.2, -0.15) is 4.31 Å². The molecule has 0 unspecified atom stereocenters. The molecule has 0 aliphatic heterocycles. The lowest BCUT2D eigenvalue weighted by molar-refractivity contribution is 0.0737. The maximum atomic E-state index is 12.5. The zero-order chi connectivity index (χ0) is 15.5. The summed E-state index contributed by atoms with van der Waals surface area (Å²) >= 11 is 6.68. The molecule has 1 rings (SSSR count). The Balaban J connectivity index is 2.96. The number of aryl methyl sites for hydroxylation is 1. The first kappa shape index (κ1) is 18.1. The van der Waals surface area contributed by atoms with Gasteiger partial charge < -0.3 is 4.74 Å². The van der Waals surface area contributed by atoms with E-state index in [-0.39, 0.29) is 11.0 Å². The average molecular weight is 429 g/mol. The molecule has 20 heavy (non-hydrogen) atoms. The minimum absolute atomic E-state index is 0.0892. The Hall–Kier alpha value is 0.0500. The number of sulfonamides is 1. The summed E-state index contributed by atoms with van der Waals surface area (Å²) in [6.45, 7) is 6.44. The van der Waals surface area contributed by atoms with Crippen LogP contribution in [0.2, 0.25) is 0 Å². The second-order valence-electron chi connectivity index (χ2n) is 4.78. The van der Waals surface area contributed by atoms with Crippen molar-refractivity contribution in [3.05, 3.63) is 26.6 Å². The molecular weight excluding hydrogens is 410 g/mol. The van der Waals surface area contributed by atoms with E-state index in [9.17, 15) is 8.42 Å². The SMILES string of the molecule is Cc1cc(Br)c(S(=O)(=O)N(C)CCOC(C)C)cc1Br. The van der Waals surface area contributed by atoms with Crippen molar-refractivity contribution in [3.63, 3.8) is 0 Å². The molecule has 0 bridgehead atoms. The average Bonchev–Trinajstić information content (AvgIpc) is 2.32. The fraction of sp³-hybridized carbons (Fsp3) is 0.538. The van der Waals surface area contributed by atoms with Crippen molar-refractivity contribution in [2.45, 2.75) is 31.8 Å². The van der Waals surface area contributed by atoms with Gasteiger partial charge in [-0.25, -0.2) is 8.42 Å². The van der Waals surface area contributed by atoms with Crippen LogP contribution in [0.25, 0.3) is 0 Å². The highest BCUT2D eigenvalue weighted by Crippen LogP contribution is 2.30. The predicted molar refractivity (Wildman–Crippen MR) is 87.5 cm³/mol. The molecule has 0 fully saturated rings. The summed E-state index contributed by atoms with van der Waals surface area (Å²) < 4.78 is 33.1. The Morgan fingerprint density at radius 3 is 2.40 bits per heavy atom. The third-order valence-electron chi connectivity index (χ3n) is 2.76. The van der Waals surface area contributed by atoms with E-state index in [0.717, 1.165) is 10.0 Å². The Kier molecular flexibility index (Phi) is 6.66. The van der Waals surface area contributed by atoms with E-state index in [4.69, 9.17) is 4.74 Å². The van der Waals surface area contributed by atoms with E-state index in [1.54, 1.807) is 19.2 Å². The van der Waals surface area contributed by atoms with Gasteiger partial charge in [-0.1, -0.05) is 15.9 Å². The van der Waals surface area contributed by atoms with E-state index in [0.29, 0.717) is 17.6 Å². The van der Waals surface area contributed by atoms with Crippen LogP contribution in [0, 0.1) is 6.92 Å². The summed E-state index contributed by atoms with van der Waals surface area (Å²) in [4.78, 5) is 0.252. The van der Waals surface area contributed by atoms with Gasteiger partial charge in [0.05, 0.1) is 17.6 Å². The van der Waals surface area contributed by atoms with Crippen LogP contribution in [0.5, 0.6) is 0 Å². The summed E-state index contributed by atoms with van der Waals surface area (Å²) in [5.74, 6) is 0. The monoisotopic (exact) mass is 427 g/mol. The van der Waals surface area contributed by atoms with E-state index >= 15 is 0 Å². The molecule has 1 aromatic rings. The van der Waals surface area contributed by atoms with E-state index < -0.39 is 10.0 Å². The molecule has 0 aromatic heterocycles. The molecule has 1 aromatic carbocycles. The molecule has 0 aliphatic rings. The number of ether oxygens (including phenoxy) is 1. The first-order valence-corrected chi connectivity index (χ1v) is 9.22. The fourth-order valence-electron chi connectivity index (χ4n) is 1.53. The highest BCUT2D eigenvalue weighted by atomic mass is 79.9. The lowest BCUT2D eigenvalue weighted by atomic mass is 10.2. The van der Waals surface area contributed by atoms with Crippen molar-refractivity contribution in [1.82, 2.24) is 4.31 Å². The molecule has 0 aliphatic carbocycles. The molecule has 7 heteroatoms. The van der Waals surface area contributed by atoms with Crippen molar-refractivity contribution in [2.75, 3.05) is 20.2 Å². The van der Waals surface area contributed by atoms with Crippen LogP contribution < -0.4 is 0 Å². The van der Waals surface area contributed by atoms with Gasteiger partial charge in [0.2, 0.25) is 10.0 Å². The minimum Gasteiger partial charge on any atom is -0.377 e. The zero-order valence-electron chi connectivity index (χ0n) is 12.0. The highest BCUT2D eigenvalue weighted by molar-refractivity contribution is 9.11. The Bertz CT molecular complexity index is 573. The summed E-state index contributed by atoms with van der Waals surface area (Å²) in [6, 6.07) is 3.41. The summed E-state index contributed by atoms with van der Waals surface area (Å²) in [7, 11) is -1.98. The Morgan fingerprint density at radius 2 is 1.85 bits per heavy atom. The van der Waals surface area contributed by atoms with E-state index in [1.165, 1.54) is 4.31 Å². The van der Waals surface area contributed by atoms with Gasteiger partial charge in [0.25, 0.3) is 0 Å². The molecule has 0 amide bonds. The lowest BCUT2D eigenvalue weighted by Gasteiger charge is -2.19. The van der Waals surface area contributed by atoms with Gasteiger partial charge in [0, 0.05) is 22.5 Å². The van der Waals surface area contributed by atoms with Crippen LogP contribution >= 0.6 is 31.9 Å². The van der Waals surface area contributed by atoms with Crippen LogP contribution in [0.15, 0.2) is 26.0 Å². The molecule has 0 N–H and O–H groups in total. The van der Waals surface area contributed by atoms with Crippen LogP contribution in [0.4, 0.5) is 0 Å². The van der Waals surface area contributed by atoms with Gasteiger partial charge in [-0.05, 0) is 54.4 Å². The maximum absolute atomic E-state index is 12.5.